The van der Waals surface area contributed by atoms with Gasteiger partial charge in [-0.25, -0.2) is 15.0 Å². The van der Waals surface area contributed by atoms with Crippen molar-refractivity contribution in [3.8, 4) is 10.6 Å². The van der Waals surface area contributed by atoms with Crippen LogP contribution in [0.4, 0.5) is 17.6 Å². The fourth-order valence-corrected chi connectivity index (χ4v) is 5.47. The third-order valence-electron chi connectivity index (χ3n) is 6.25. The molecule has 184 valence electrons. The largest absolute Gasteiger partial charge is 0.390 e. The van der Waals surface area contributed by atoms with Crippen molar-refractivity contribution in [2.24, 2.45) is 5.92 Å². The Morgan fingerprint density at radius 3 is 2.74 bits per heavy atom. The summed E-state index contributed by atoms with van der Waals surface area (Å²) in [5.74, 6) is 1.96. The van der Waals surface area contributed by atoms with Crippen LogP contribution in [0.15, 0.2) is 12.3 Å². The van der Waals surface area contributed by atoms with Crippen molar-refractivity contribution < 1.29 is 9.84 Å². The van der Waals surface area contributed by atoms with Gasteiger partial charge in [-0.1, -0.05) is 0 Å². The maximum atomic E-state index is 10.5. The van der Waals surface area contributed by atoms with Gasteiger partial charge < -0.3 is 26.2 Å². The molecule has 1 aliphatic rings. The summed E-state index contributed by atoms with van der Waals surface area (Å²) < 4.78 is 6.61. The minimum absolute atomic E-state index is 0.177. The van der Waals surface area contributed by atoms with E-state index in [2.05, 4.69) is 15.6 Å². The molecule has 10 heteroatoms. The Morgan fingerprint density at radius 2 is 2.06 bits per heavy atom. The second-order valence-corrected chi connectivity index (χ2v) is 10.8. The molecule has 1 fully saturated rings. The van der Waals surface area contributed by atoms with Gasteiger partial charge in [0.25, 0.3) is 0 Å². The molecular weight excluding hydrogens is 450 g/mol. The molecular formula is C24H35N7O2S. The Kier molecular flexibility index (Phi) is 7.20. The lowest BCUT2D eigenvalue weighted by Crippen LogP contribution is -2.30. The Balaban J connectivity index is 1.65. The lowest BCUT2D eigenvalue weighted by Gasteiger charge is -2.25. The number of nitrogens with one attached hydrogen (secondary N) is 2. The van der Waals surface area contributed by atoms with E-state index >= 15 is 0 Å². The first kappa shape index (κ1) is 24.6. The number of hydrogen-bond acceptors (Lipinski definition) is 10. The Labute approximate surface area is 204 Å². The fourth-order valence-electron chi connectivity index (χ4n) is 4.40. The number of aliphatic hydroxyl groups is 1. The number of fused-ring (bicyclic) bond motifs is 1. The van der Waals surface area contributed by atoms with Gasteiger partial charge in [0.15, 0.2) is 5.82 Å². The SMILES string of the molecule is Cc1nc(NCCOC(C)C)nc(NC2CCC(C(C)(C)O)C2)c1-c1nc2c(N)nccc2s1. The number of aryl methyl sites for hydroxylation is 1. The second-order valence-electron chi connectivity index (χ2n) is 9.77. The van der Waals surface area contributed by atoms with E-state index in [0.29, 0.717) is 30.4 Å². The molecule has 34 heavy (non-hydrogen) atoms. The number of anilines is 3. The molecule has 1 aliphatic carbocycles. The van der Waals surface area contributed by atoms with Crippen molar-refractivity contribution in [1.82, 2.24) is 19.9 Å². The molecule has 0 saturated heterocycles. The van der Waals surface area contributed by atoms with Crippen molar-refractivity contribution in [1.29, 1.82) is 0 Å². The maximum absolute atomic E-state index is 10.5. The van der Waals surface area contributed by atoms with Gasteiger partial charge in [0.05, 0.1) is 34.3 Å². The third kappa shape index (κ3) is 5.56. The normalized spacial score (nSPS) is 18.7. The first-order valence-corrected chi connectivity index (χ1v) is 12.7. The summed E-state index contributed by atoms with van der Waals surface area (Å²) in [7, 11) is 0. The molecule has 0 radical (unpaired) electrons. The summed E-state index contributed by atoms with van der Waals surface area (Å²) in [6.07, 6.45) is 4.70. The molecule has 3 aromatic heterocycles. The molecule has 9 nitrogen and oxygen atoms in total. The van der Waals surface area contributed by atoms with E-state index in [0.717, 1.165) is 46.0 Å². The van der Waals surface area contributed by atoms with Gasteiger partial charge in [0.1, 0.15) is 16.3 Å². The number of hydrogen-bond donors (Lipinski definition) is 4. The van der Waals surface area contributed by atoms with Gasteiger partial charge in [0, 0.05) is 18.8 Å². The molecule has 0 bridgehead atoms. The predicted octanol–water partition coefficient (Wildman–Crippen LogP) is 4.23. The molecule has 0 aliphatic heterocycles. The lowest BCUT2D eigenvalue weighted by molar-refractivity contribution is 0.0197. The Hall–Kier alpha value is -2.56. The number of thiazole rings is 1. The number of ether oxygens (including phenoxy) is 1. The highest BCUT2D eigenvalue weighted by Gasteiger charge is 2.35. The van der Waals surface area contributed by atoms with E-state index in [-0.39, 0.29) is 18.1 Å². The number of nitrogens with zero attached hydrogens (tertiary/aromatic N) is 4. The van der Waals surface area contributed by atoms with Crippen LogP contribution >= 0.6 is 11.3 Å². The number of rotatable bonds is 9. The highest BCUT2D eigenvalue weighted by atomic mass is 32.1. The van der Waals surface area contributed by atoms with Gasteiger partial charge in [-0.05, 0) is 65.9 Å². The standard InChI is InChI=1S/C24H35N7O2S/c1-13(2)33-11-10-27-23-28-14(3)18(22-30-19-17(34-22)8-9-26-20(19)25)21(31-23)29-16-7-6-15(12-16)24(4,5)32/h8-9,13,15-16,32H,6-7,10-12H2,1-5H3,(H2,25,26)(H2,27,28,29,31). The van der Waals surface area contributed by atoms with Crippen molar-refractivity contribution in [2.45, 2.75) is 71.6 Å². The molecule has 4 rings (SSSR count). The van der Waals surface area contributed by atoms with Crippen LogP contribution in [-0.4, -0.2) is 55.9 Å². The van der Waals surface area contributed by atoms with Crippen LogP contribution in [0.2, 0.25) is 0 Å². The van der Waals surface area contributed by atoms with Gasteiger partial charge >= 0.3 is 0 Å². The van der Waals surface area contributed by atoms with Crippen LogP contribution < -0.4 is 16.4 Å². The summed E-state index contributed by atoms with van der Waals surface area (Å²) in [5, 5.41) is 18.2. The molecule has 0 spiro atoms. The first-order chi connectivity index (χ1) is 16.1. The average Bonchev–Trinajstić information content (AvgIpc) is 3.39. The number of aromatic nitrogens is 4. The second kappa shape index (κ2) is 9.97. The zero-order valence-corrected chi connectivity index (χ0v) is 21.4. The van der Waals surface area contributed by atoms with Crippen molar-refractivity contribution in [2.75, 3.05) is 29.5 Å². The van der Waals surface area contributed by atoms with Crippen molar-refractivity contribution in [3.05, 3.63) is 18.0 Å². The highest BCUT2D eigenvalue weighted by molar-refractivity contribution is 7.21. The number of nitrogen functional groups attached to an aromatic ring is 1. The van der Waals surface area contributed by atoms with Crippen LogP contribution in [0.5, 0.6) is 0 Å². The van der Waals surface area contributed by atoms with Crippen LogP contribution in [0, 0.1) is 12.8 Å². The van der Waals surface area contributed by atoms with Crippen LogP contribution in [0.3, 0.4) is 0 Å². The lowest BCUT2D eigenvalue weighted by atomic mass is 9.89. The quantitative estimate of drug-likeness (QED) is 0.329. The van der Waals surface area contributed by atoms with E-state index in [1.54, 1.807) is 17.5 Å². The number of pyridine rings is 1. The third-order valence-corrected chi connectivity index (χ3v) is 7.29. The summed E-state index contributed by atoms with van der Waals surface area (Å²) in [4.78, 5) is 18.5. The summed E-state index contributed by atoms with van der Waals surface area (Å²) in [6, 6.07) is 2.13. The minimum Gasteiger partial charge on any atom is -0.390 e. The van der Waals surface area contributed by atoms with E-state index < -0.39 is 5.60 Å². The average molecular weight is 486 g/mol. The summed E-state index contributed by atoms with van der Waals surface area (Å²) in [6.45, 7) is 11.0. The molecule has 5 N–H and O–H groups in total. The van der Waals surface area contributed by atoms with Crippen LogP contribution in [-0.2, 0) is 4.74 Å². The number of nitrogens with two attached hydrogens (primary N) is 1. The molecule has 0 aromatic carbocycles. The summed E-state index contributed by atoms with van der Waals surface area (Å²) in [5.41, 5.74) is 7.77. The van der Waals surface area contributed by atoms with E-state index in [4.69, 9.17) is 25.4 Å². The molecule has 3 aromatic rings. The van der Waals surface area contributed by atoms with E-state index in [1.165, 1.54) is 0 Å². The maximum Gasteiger partial charge on any atom is 0.224 e. The van der Waals surface area contributed by atoms with Gasteiger partial charge in [-0.2, -0.15) is 4.98 Å². The monoisotopic (exact) mass is 485 g/mol. The van der Waals surface area contributed by atoms with Gasteiger partial charge in [0.2, 0.25) is 5.95 Å². The fraction of sp³-hybridized carbons (Fsp3) is 0.583. The molecule has 2 atom stereocenters. The van der Waals surface area contributed by atoms with Crippen LogP contribution in [0.1, 0.15) is 52.7 Å². The predicted molar refractivity (Wildman–Crippen MR) is 138 cm³/mol. The summed E-state index contributed by atoms with van der Waals surface area (Å²) >= 11 is 1.55. The van der Waals surface area contributed by atoms with Gasteiger partial charge in [-0.15, -0.1) is 11.3 Å². The molecule has 0 amide bonds. The molecule has 3 heterocycles. The first-order valence-electron chi connectivity index (χ1n) is 11.9. The zero-order chi connectivity index (χ0) is 24.5. The van der Waals surface area contributed by atoms with E-state index in [9.17, 15) is 5.11 Å². The zero-order valence-electron chi connectivity index (χ0n) is 20.6. The van der Waals surface area contributed by atoms with Crippen molar-refractivity contribution in [3.63, 3.8) is 0 Å². The van der Waals surface area contributed by atoms with Crippen LogP contribution in [0.25, 0.3) is 20.8 Å². The molecule has 2 unspecified atom stereocenters. The molecule has 1 saturated carbocycles. The minimum atomic E-state index is -0.693. The highest BCUT2D eigenvalue weighted by Crippen LogP contribution is 2.40. The Bertz CT molecular complexity index is 1140. The topological polar surface area (TPSA) is 131 Å². The van der Waals surface area contributed by atoms with Gasteiger partial charge in [-0.3, -0.25) is 0 Å². The Morgan fingerprint density at radius 1 is 1.26 bits per heavy atom. The van der Waals surface area contributed by atoms with E-state index in [1.807, 2.05) is 40.7 Å². The van der Waals surface area contributed by atoms with Crippen molar-refractivity contribution >= 4 is 39.1 Å². The smallest absolute Gasteiger partial charge is 0.224 e.